The number of likely N-dealkylation sites (tertiary alicyclic amines) is 1. The molecule has 0 amide bonds. The van der Waals surface area contributed by atoms with E-state index >= 15 is 0 Å². The fourth-order valence-electron chi connectivity index (χ4n) is 3.76. The second-order valence-electron chi connectivity index (χ2n) is 6.60. The Morgan fingerprint density at radius 3 is 3.00 bits per heavy atom. The van der Waals surface area contributed by atoms with Gasteiger partial charge in [0.2, 0.25) is 0 Å². The first kappa shape index (κ1) is 14.8. The van der Waals surface area contributed by atoms with Crippen LogP contribution in [0, 0.1) is 12.3 Å². The smallest absolute Gasteiger partial charge is 0.141 e. The molecular formula is C16H25N3O2. The fourth-order valence-corrected chi connectivity index (χ4v) is 3.76. The number of aromatic hydroxyl groups is 1. The molecule has 0 saturated carbocycles. The number of hydrogen-bond acceptors (Lipinski definition) is 5. The van der Waals surface area contributed by atoms with Gasteiger partial charge >= 0.3 is 0 Å². The van der Waals surface area contributed by atoms with Crippen molar-refractivity contribution < 1.29 is 10.2 Å². The molecule has 2 aliphatic rings. The quantitative estimate of drug-likeness (QED) is 0.780. The van der Waals surface area contributed by atoms with E-state index < -0.39 is 0 Å². The summed E-state index contributed by atoms with van der Waals surface area (Å²) in [6.07, 6.45) is 5.46. The molecule has 2 saturated heterocycles. The monoisotopic (exact) mass is 291 g/mol. The number of aromatic nitrogens is 1. The van der Waals surface area contributed by atoms with E-state index in [2.05, 4.69) is 15.2 Å². The molecule has 0 unspecified atom stereocenters. The number of nitrogens with zero attached hydrogens (tertiary/aromatic N) is 2. The molecule has 1 spiro atoms. The van der Waals surface area contributed by atoms with Crippen LogP contribution in [0.2, 0.25) is 0 Å². The van der Waals surface area contributed by atoms with Gasteiger partial charge in [-0.2, -0.15) is 0 Å². The number of piperidine rings is 1. The molecule has 0 aliphatic carbocycles. The van der Waals surface area contributed by atoms with Crippen LogP contribution >= 0.6 is 0 Å². The average Bonchev–Trinajstić information content (AvgIpc) is 2.87. The standard InChI is InChI=1S/C16H25N3O2/c1-12-15(21)14(13(9-20)7-18-12)8-19-6-4-16(11-19)3-2-5-17-10-16/h7,17,20-21H,2-6,8-11H2,1H3/t16-/m0/s1. The van der Waals surface area contributed by atoms with Crippen molar-refractivity contribution >= 4 is 0 Å². The molecule has 5 heteroatoms. The molecule has 2 aliphatic heterocycles. The van der Waals surface area contributed by atoms with Gasteiger partial charge in [-0.25, -0.2) is 0 Å². The summed E-state index contributed by atoms with van der Waals surface area (Å²) in [6.45, 7) is 6.82. The average molecular weight is 291 g/mol. The van der Waals surface area contributed by atoms with Crippen molar-refractivity contribution in [3.8, 4) is 5.75 Å². The van der Waals surface area contributed by atoms with Gasteiger partial charge in [0.05, 0.1) is 12.3 Å². The van der Waals surface area contributed by atoms with Gasteiger partial charge in [0.25, 0.3) is 0 Å². The molecule has 3 heterocycles. The summed E-state index contributed by atoms with van der Waals surface area (Å²) in [5, 5.41) is 23.2. The number of pyridine rings is 1. The Morgan fingerprint density at radius 2 is 2.29 bits per heavy atom. The minimum atomic E-state index is -0.0727. The zero-order valence-electron chi connectivity index (χ0n) is 12.7. The van der Waals surface area contributed by atoms with Crippen LogP contribution in [0.1, 0.15) is 36.1 Å². The second kappa shape index (κ2) is 5.91. The molecule has 116 valence electrons. The number of aliphatic hydroxyl groups is 1. The number of rotatable bonds is 3. The maximum Gasteiger partial charge on any atom is 0.141 e. The molecule has 1 aromatic heterocycles. The van der Waals surface area contributed by atoms with E-state index in [0.29, 0.717) is 17.7 Å². The largest absolute Gasteiger partial charge is 0.506 e. The number of hydrogen-bond donors (Lipinski definition) is 3. The third-order valence-corrected chi connectivity index (χ3v) is 5.06. The number of aryl methyl sites for hydroxylation is 1. The van der Waals surface area contributed by atoms with Crippen molar-refractivity contribution in [3.63, 3.8) is 0 Å². The topological polar surface area (TPSA) is 68.6 Å². The Hall–Kier alpha value is -1.17. The molecular weight excluding hydrogens is 266 g/mol. The molecule has 3 rings (SSSR count). The summed E-state index contributed by atoms with van der Waals surface area (Å²) in [5.74, 6) is 0.240. The highest BCUT2D eigenvalue weighted by Gasteiger charge is 2.39. The van der Waals surface area contributed by atoms with E-state index in [-0.39, 0.29) is 12.4 Å². The Balaban J connectivity index is 1.74. The van der Waals surface area contributed by atoms with Gasteiger partial charge in [0.15, 0.2) is 0 Å². The van der Waals surface area contributed by atoms with E-state index in [1.165, 1.54) is 19.3 Å². The Labute approximate surface area is 126 Å². The van der Waals surface area contributed by atoms with Gasteiger partial charge in [0.1, 0.15) is 5.75 Å². The van der Waals surface area contributed by atoms with Crippen molar-refractivity contribution in [2.45, 2.75) is 39.3 Å². The van der Waals surface area contributed by atoms with Crippen molar-refractivity contribution in [2.75, 3.05) is 26.2 Å². The van der Waals surface area contributed by atoms with Crippen molar-refractivity contribution in [1.29, 1.82) is 0 Å². The van der Waals surface area contributed by atoms with Crippen molar-refractivity contribution in [1.82, 2.24) is 15.2 Å². The van der Waals surface area contributed by atoms with Crippen molar-refractivity contribution in [2.24, 2.45) is 5.41 Å². The summed E-state index contributed by atoms with van der Waals surface area (Å²) < 4.78 is 0. The van der Waals surface area contributed by atoms with Crippen LogP contribution in [0.5, 0.6) is 5.75 Å². The highest BCUT2D eigenvalue weighted by molar-refractivity contribution is 5.40. The van der Waals surface area contributed by atoms with Crippen molar-refractivity contribution in [3.05, 3.63) is 23.0 Å². The van der Waals surface area contributed by atoms with E-state index in [0.717, 1.165) is 37.3 Å². The first-order valence-electron chi connectivity index (χ1n) is 7.84. The van der Waals surface area contributed by atoms with Gasteiger partial charge in [-0.3, -0.25) is 9.88 Å². The maximum absolute atomic E-state index is 10.3. The highest BCUT2D eigenvalue weighted by Crippen LogP contribution is 2.38. The summed E-state index contributed by atoms with van der Waals surface area (Å²) >= 11 is 0. The van der Waals surface area contributed by atoms with Crippen LogP contribution in [-0.4, -0.2) is 46.3 Å². The van der Waals surface area contributed by atoms with Crippen LogP contribution in [0.25, 0.3) is 0 Å². The lowest BCUT2D eigenvalue weighted by Crippen LogP contribution is -2.41. The molecule has 5 nitrogen and oxygen atoms in total. The van der Waals surface area contributed by atoms with Gasteiger partial charge in [-0.1, -0.05) is 0 Å². The molecule has 2 fully saturated rings. The van der Waals surface area contributed by atoms with E-state index in [4.69, 9.17) is 0 Å². The zero-order valence-corrected chi connectivity index (χ0v) is 12.7. The summed E-state index contributed by atoms with van der Waals surface area (Å²) in [7, 11) is 0. The third kappa shape index (κ3) is 2.91. The van der Waals surface area contributed by atoms with Crippen LogP contribution in [0.3, 0.4) is 0 Å². The lowest BCUT2D eigenvalue weighted by atomic mass is 9.80. The van der Waals surface area contributed by atoms with E-state index in [1.807, 2.05) is 0 Å². The van der Waals surface area contributed by atoms with Gasteiger partial charge < -0.3 is 15.5 Å². The lowest BCUT2D eigenvalue weighted by molar-refractivity contribution is 0.197. The Bertz CT molecular complexity index is 512. The molecule has 0 bridgehead atoms. The molecule has 3 N–H and O–H groups in total. The number of nitrogens with one attached hydrogen (secondary N) is 1. The molecule has 21 heavy (non-hydrogen) atoms. The Kier molecular flexibility index (Phi) is 4.15. The first-order valence-corrected chi connectivity index (χ1v) is 7.84. The minimum Gasteiger partial charge on any atom is -0.506 e. The molecule has 0 radical (unpaired) electrons. The molecule has 0 aromatic carbocycles. The third-order valence-electron chi connectivity index (χ3n) is 5.06. The van der Waals surface area contributed by atoms with Crippen LogP contribution in [0.15, 0.2) is 6.20 Å². The summed E-state index contributed by atoms with van der Waals surface area (Å²) in [4.78, 5) is 6.53. The minimum absolute atomic E-state index is 0.0727. The summed E-state index contributed by atoms with van der Waals surface area (Å²) in [5.41, 5.74) is 2.62. The highest BCUT2D eigenvalue weighted by atomic mass is 16.3. The first-order chi connectivity index (χ1) is 10.1. The molecule has 1 aromatic rings. The van der Waals surface area contributed by atoms with Crippen LogP contribution in [0.4, 0.5) is 0 Å². The zero-order chi connectivity index (χ0) is 14.9. The van der Waals surface area contributed by atoms with Crippen LogP contribution in [-0.2, 0) is 13.2 Å². The van der Waals surface area contributed by atoms with E-state index in [9.17, 15) is 10.2 Å². The van der Waals surface area contributed by atoms with Gasteiger partial charge in [-0.05, 0) is 44.7 Å². The SMILES string of the molecule is Cc1ncc(CO)c(CN2CC[C@]3(CCCNC3)C2)c1O. The normalized spacial score (nSPS) is 26.6. The van der Waals surface area contributed by atoms with Gasteiger partial charge in [0, 0.05) is 37.0 Å². The second-order valence-corrected chi connectivity index (χ2v) is 6.60. The molecule has 1 atom stereocenters. The van der Waals surface area contributed by atoms with Crippen LogP contribution < -0.4 is 5.32 Å². The maximum atomic E-state index is 10.3. The predicted molar refractivity (Wildman–Crippen MR) is 81.0 cm³/mol. The predicted octanol–water partition coefficient (Wildman–Crippen LogP) is 1.16. The fraction of sp³-hybridized carbons (Fsp3) is 0.688. The van der Waals surface area contributed by atoms with Gasteiger partial charge in [-0.15, -0.1) is 0 Å². The lowest BCUT2D eigenvalue weighted by Gasteiger charge is -2.34. The number of aliphatic hydroxyl groups excluding tert-OH is 1. The van der Waals surface area contributed by atoms with E-state index in [1.54, 1.807) is 13.1 Å². The Morgan fingerprint density at radius 1 is 1.43 bits per heavy atom. The summed E-state index contributed by atoms with van der Waals surface area (Å²) in [6, 6.07) is 0.